The average molecular weight is 371 g/mol. The Bertz CT molecular complexity index is 617. The molecule has 1 aromatic rings. The zero-order valence-corrected chi connectivity index (χ0v) is 15.7. The van der Waals surface area contributed by atoms with Crippen molar-refractivity contribution in [3.05, 3.63) is 21.4 Å². The fraction of sp³-hybridized carbons (Fsp3) is 0.789. The van der Waals surface area contributed by atoms with Gasteiger partial charge in [0, 0.05) is 41.3 Å². The Hall–Kier alpha value is -0.560. The van der Waals surface area contributed by atoms with Gasteiger partial charge in [-0.25, -0.2) is 8.78 Å². The number of hydrogen-bond acceptors (Lipinski definition) is 4. The van der Waals surface area contributed by atoms with Crippen molar-refractivity contribution in [2.45, 2.75) is 69.6 Å². The van der Waals surface area contributed by atoms with Crippen LogP contribution in [0.15, 0.2) is 6.07 Å². The molecule has 140 valence electrons. The number of hydrogen-bond donors (Lipinski definition) is 1. The molecule has 2 N–H and O–H groups in total. The highest BCUT2D eigenvalue weighted by Crippen LogP contribution is 2.47. The molecule has 0 radical (unpaired) electrons. The first kappa shape index (κ1) is 17.8. The monoisotopic (exact) mass is 370 g/mol. The number of fused-ring (bicyclic) bond motifs is 2. The van der Waals surface area contributed by atoms with Gasteiger partial charge in [-0.15, -0.1) is 11.3 Å². The Labute approximate surface area is 152 Å². The van der Waals surface area contributed by atoms with Crippen molar-refractivity contribution in [3.63, 3.8) is 0 Å². The summed E-state index contributed by atoms with van der Waals surface area (Å²) in [7, 11) is 0. The van der Waals surface area contributed by atoms with Crippen LogP contribution in [-0.4, -0.2) is 43.1 Å². The summed E-state index contributed by atoms with van der Waals surface area (Å²) < 4.78 is 31.9. The molecule has 3 heterocycles. The molecule has 6 heteroatoms. The van der Waals surface area contributed by atoms with Gasteiger partial charge in [0.1, 0.15) is 5.60 Å². The number of ether oxygens (including phenoxy) is 1. The highest BCUT2D eigenvalue weighted by molar-refractivity contribution is 7.12. The van der Waals surface area contributed by atoms with Crippen molar-refractivity contribution in [1.82, 2.24) is 4.90 Å². The molecule has 0 amide bonds. The fourth-order valence-corrected chi connectivity index (χ4v) is 6.26. The lowest BCUT2D eigenvalue weighted by Crippen LogP contribution is -2.53. The summed E-state index contributed by atoms with van der Waals surface area (Å²) in [5.74, 6) is 0.744. The standard InChI is InChI=1S/C19H28F2N2OS/c1-12-10-19(3-4-23(12)11-13-6-15(22)7-13)18-14(2-5-24-19)8-16(25-18)9-17(20)21/h8,12-13,15,17H,2-7,9-11,22H2,1H3/t12-,13-,15+,19+/m0/s1. The van der Waals surface area contributed by atoms with E-state index in [9.17, 15) is 8.78 Å². The van der Waals surface area contributed by atoms with Gasteiger partial charge in [-0.1, -0.05) is 0 Å². The molecule has 2 fully saturated rings. The lowest BCUT2D eigenvalue weighted by atomic mass is 9.78. The van der Waals surface area contributed by atoms with Gasteiger partial charge in [0.25, 0.3) is 0 Å². The van der Waals surface area contributed by atoms with E-state index in [1.54, 1.807) is 11.3 Å². The minimum absolute atomic E-state index is 0.128. The lowest BCUT2D eigenvalue weighted by Gasteiger charge is -2.49. The predicted octanol–water partition coefficient (Wildman–Crippen LogP) is 3.55. The van der Waals surface area contributed by atoms with E-state index in [1.165, 1.54) is 10.4 Å². The normalized spacial score (nSPS) is 35.8. The summed E-state index contributed by atoms with van der Waals surface area (Å²) in [5.41, 5.74) is 6.92. The van der Waals surface area contributed by atoms with E-state index in [2.05, 4.69) is 11.8 Å². The van der Waals surface area contributed by atoms with E-state index in [0.29, 0.717) is 18.7 Å². The van der Waals surface area contributed by atoms with Crippen LogP contribution in [0.1, 0.15) is 47.9 Å². The predicted molar refractivity (Wildman–Crippen MR) is 96.3 cm³/mol. The lowest BCUT2D eigenvalue weighted by molar-refractivity contribution is -0.112. The number of alkyl halides is 2. The fourth-order valence-electron chi connectivity index (χ4n) is 4.86. The van der Waals surface area contributed by atoms with Gasteiger partial charge >= 0.3 is 0 Å². The maximum Gasteiger partial charge on any atom is 0.243 e. The van der Waals surface area contributed by atoms with Crippen molar-refractivity contribution in [2.75, 3.05) is 19.7 Å². The Morgan fingerprint density at radius 3 is 2.92 bits per heavy atom. The Balaban J connectivity index is 1.47. The number of nitrogens with zero attached hydrogens (tertiary/aromatic N) is 1. The minimum atomic E-state index is -2.27. The molecule has 1 aliphatic carbocycles. The molecule has 0 aromatic carbocycles. The van der Waals surface area contributed by atoms with Gasteiger partial charge in [0.2, 0.25) is 6.43 Å². The number of thiophene rings is 1. The first-order valence-corrected chi connectivity index (χ1v) is 10.3. The maximum atomic E-state index is 12.8. The largest absolute Gasteiger partial charge is 0.369 e. The second-order valence-electron chi connectivity index (χ2n) is 8.15. The van der Waals surface area contributed by atoms with Crippen LogP contribution in [0, 0.1) is 5.92 Å². The molecule has 2 aliphatic heterocycles. The Morgan fingerprint density at radius 2 is 2.24 bits per heavy atom. The molecule has 1 spiro atoms. The topological polar surface area (TPSA) is 38.5 Å². The van der Waals surface area contributed by atoms with Crippen LogP contribution in [0.3, 0.4) is 0 Å². The zero-order chi connectivity index (χ0) is 17.6. The number of rotatable bonds is 4. The SMILES string of the molecule is C[C@H]1C[C@@]2(CCN1C[C@H]1C[C@@H](N)C1)OCCc1cc(CC(F)F)sc12. The summed E-state index contributed by atoms with van der Waals surface area (Å²) in [6.07, 6.45) is 2.69. The van der Waals surface area contributed by atoms with Crippen molar-refractivity contribution < 1.29 is 13.5 Å². The third kappa shape index (κ3) is 3.51. The smallest absolute Gasteiger partial charge is 0.243 e. The Morgan fingerprint density at radius 1 is 1.44 bits per heavy atom. The van der Waals surface area contributed by atoms with E-state index in [-0.39, 0.29) is 12.0 Å². The molecular weight excluding hydrogens is 342 g/mol. The number of piperidine rings is 1. The van der Waals surface area contributed by atoms with Gasteiger partial charge in [-0.05, 0) is 56.6 Å². The van der Waals surface area contributed by atoms with Crippen molar-refractivity contribution in [3.8, 4) is 0 Å². The zero-order valence-electron chi connectivity index (χ0n) is 14.8. The van der Waals surface area contributed by atoms with Gasteiger partial charge < -0.3 is 15.4 Å². The minimum Gasteiger partial charge on any atom is -0.369 e. The summed E-state index contributed by atoms with van der Waals surface area (Å²) in [5, 5.41) is 0. The summed E-state index contributed by atoms with van der Waals surface area (Å²) in [6, 6.07) is 2.86. The van der Waals surface area contributed by atoms with Crippen molar-refractivity contribution in [1.29, 1.82) is 0 Å². The van der Waals surface area contributed by atoms with Crippen LogP contribution < -0.4 is 5.73 Å². The van der Waals surface area contributed by atoms with Crippen LogP contribution in [-0.2, 0) is 23.2 Å². The number of halogens is 2. The highest BCUT2D eigenvalue weighted by atomic mass is 32.1. The quantitative estimate of drug-likeness (QED) is 0.881. The summed E-state index contributed by atoms with van der Waals surface area (Å²) >= 11 is 1.56. The van der Waals surface area contributed by atoms with Crippen LogP contribution in [0.5, 0.6) is 0 Å². The van der Waals surface area contributed by atoms with E-state index < -0.39 is 6.43 Å². The van der Waals surface area contributed by atoms with Crippen molar-refractivity contribution >= 4 is 11.3 Å². The van der Waals surface area contributed by atoms with Gasteiger partial charge in [0.15, 0.2) is 0 Å². The first-order valence-electron chi connectivity index (χ1n) is 9.49. The van der Waals surface area contributed by atoms with Crippen molar-refractivity contribution in [2.24, 2.45) is 11.7 Å². The second-order valence-corrected chi connectivity index (χ2v) is 9.29. The van der Waals surface area contributed by atoms with E-state index in [0.717, 1.165) is 56.0 Å². The number of nitrogens with two attached hydrogens (primary N) is 1. The molecule has 25 heavy (non-hydrogen) atoms. The molecular formula is C19H28F2N2OS. The van der Waals surface area contributed by atoms with E-state index in [1.807, 2.05) is 6.07 Å². The van der Waals surface area contributed by atoms with Gasteiger partial charge in [-0.2, -0.15) is 0 Å². The van der Waals surface area contributed by atoms with E-state index >= 15 is 0 Å². The van der Waals surface area contributed by atoms with Crippen LogP contribution >= 0.6 is 11.3 Å². The Kier molecular flexibility index (Phi) is 4.90. The molecule has 0 bridgehead atoms. The molecule has 4 rings (SSSR count). The highest BCUT2D eigenvalue weighted by Gasteiger charge is 2.45. The maximum absolute atomic E-state index is 12.8. The molecule has 1 saturated heterocycles. The van der Waals surface area contributed by atoms with Crippen LogP contribution in [0.2, 0.25) is 0 Å². The van der Waals surface area contributed by atoms with Gasteiger partial charge in [-0.3, -0.25) is 0 Å². The third-order valence-corrected chi connectivity index (χ3v) is 7.58. The van der Waals surface area contributed by atoms with Gasteiger partial charge in [0.05, 0.1) is 6.61 Å². The first-order chi connectivity index (χ1) is 11.9. The average Bonchev–Trinajstić information content (AvgIpc) is 2.92. The molecule has 1 aromatic heterocycles. The summed E-state index contributed by atoms with van der Waals surface area (Å²) in [6.45, 7) is 5.15. The molecule has 0 unspecified atom stereocenters. The molecule has 1 saturated carbocycles. The van der Waals surface area contributed by atoms with Crippen LogP contribution in [0.25, 0.3) is 0 Å². The molecule has 3 nitrogen and oxygen atoms in total. The third-order valence-electron chi connectivity index (χ3n) is 6.20. The summed E-state index contributed by atoms with van der Waals surface area (Å²) in [4.78, 5) is 4.61. The molecule has 3 aliphatic rings. The van der Waals surface area contributed by atoms with Crippen LogP contribution in [0.4, 0.5) is 8.78 Å². The molecule has 2 atom stereocenters. The number of likely N-dealkylation sites (tertiary alicyclic amines) is 1. The van der Waals surface area contributed by atoms with E-state index in [4.69, 9.17) is 10.5 Å². The second kappa shape index (κ2) is 6.87.